The predicted molar refractivity (Wildman–Crippen MR) is 66.2 cm³/mol. The molecule has 1 fully saturated rings. The van der Waals surface area contributed by atoms with Crippen molar-refractivity contribution in [3.63, 3.8) is 0 Å². The second-order valence-electron chi connectivity index (χ2n) is 4.69. The van der Waals surface area contributed by atoms with Crippen LogP contribution in [0.15, 0.2) is 24.3 Å². The minimum atomic E-state index is 0.274. The lowest BCUT2D eigenvalue weighted by Gasteiger charge is -2.31. The van der Waals surface area contributed by atoms with E-state index in [1.54, 1.807) is 0 Å². The SMILES string of the molecule is N#Cc1ccccc1CN1CCCC(CO)C1. The third-order valence-corrected chi connectivity index (χ3v) is 3.39. The van der Waals surface area contributed by atoms with Gasteiger partial charge in [0.25, 0.3) is 0 Å². The summed E-state index contributed by atoms with van der Waals surface area (Å²) in [6, 6.07) is 9.99. The highest BCUT2D eigenvalue weighted by molar-refractivity contribution is 5.37. The van der Waals surface area contributed by atoms with Crippen molar-refractivity contribution in [2.75, 3.05) is 19.7 Å². The second-order valence-corrected chi connectivity index (χ2v) is 4.69. The van der Waals surface area contributed by atoms with Gasteiger partial charge in [0.1, 0.15) is 0 Å². The van der Waals surface area contributed by atoms with Crippen molar-refractivity contribution in [2.45, 2.75) is 19.4 Å². The average Bonchev–Trinajstić information content (AvgIpc) is 2.39. The van der Waals surface area contributed by atoms with Crippen molar-refractivity contribution in [1.82, 2.24) is 4.90 Å². The minimum Gasteiger partial charge on any atom is -0.396 e. The van der Waals surface area contributed by atoms with Crippen LogP contribution in [-0.4, -0.2) is 29.7 Å². The first kappa shape index (κ1) is 12.1. The van der Waals surface area contributed by atoms with Gasteiger partial charge in [-0.25, -0.2) is 0 Å². The predicted octanol–water partition coefficient (Wildman–Crippen LogP) is 1.76. The van der Waals surface area contributed by atoms with E-state index in [-0.39, 0.29) is 6.61 Å². The number of nitriles is 1. The van der Waals surface area contributed by atoms with Gasteiger partial charge in [-0.05, 0) is 36.9 Å². The van der Waals surface area contributed by atoms with Crippen LogP contribution in [0.25, 0.3) is 0 Å². The summed E-state index contributed by atoms with van der Waals surface area (Å²) < 4.78 is 0. The molecule has 1 aliphatic rings. The van der Waals surface area contributed by atoms with Gasteiger partial charge in [-0.1, -0.05) is 18.2 Å². The van der Waals surface area contributed by atoms with E-state index in [1.165, 1.54) is 0 Å². The van der Waals surface area contributed by atoms with Gasteiger partial charge in [-0.15, -0.1) is 0 Å². The Morgan fingerprint density at radius 3 is 3.00 bits per heavy atom. The normalized spacial score (nSPS) is 21.1. The molecule has 2 rings (SSSR count). The smallest absolute Gasteiger partial charge is 0.0995 e. The fourth-order valence-corrected chi connectivity index (χ4v) is 2.45. The van der Waals surface area contributed by atoms with Gasteiger partial charge in [0.05, 0.1) is 11.6 Å². The molecule has 0 spiro atoms. The van der Waals surface area contributed by atoms with Crippen LogP contribution >= 0.6 is 0 Å². The summed E-state index contributed by atoms with van der Waals surface area (Å²) in [5.74, 6) is 0.401. The molecule has 0 bridgehead atoms. The van der Waals surface area contributed by atoms with Crippen molar-refractivity contribution in [2.24, 2.45) is 5.92 Å². The maximum absolute atomic E-state index is 9.20. The second kappa shape index (κ2) is 5.81. The number of benzene rings is 1. The van der Waals surface area contributed by atoms with Gasteiger partial charge >= 0.3 is 0 Å². The van der Waals surface area contributed by atoms with Crippen LogP contribution in [0.4, 0.5) is 0 Å². The van der Waals surface area contributed by atoms with E-state index in [9.17, 15) is 5.11 Å². The molecule has 0 saturated carbocycles. The molecule has 1 aliphatic heterocycles. The topological polar surface area (TPSA) is 47.3 Å². The summed E-state index contributed by atoms with van der Waals surface area (Å²) in [4.78, 5) is 2.33. The average molecular weight is 230 g/mol. The van der Waals surface area contributed by atoms with Crippen molar-refractivity contribution in [3.8, 4) is 6.07 Å². The number of hydrogen-bond acceptors (Lipinski definition) is 3. The molecule has 0 aliphatic carbocycles. The fourth-order valence-electron chi connectivity index (χ4n) is 2.45. The van der Waals surface area contributed by atoms with Gasteiger partial charge in [-0.3, -0.25) is 4.90 Å². The Morgan fingerprint density at radius 2 is 2.24 bits per heavy atom. The zero-order valence-electron chi connectivity index (χ0n) is 9.97. The summed E-state index contributed by atoms with van der Waals surface area (Å²) >= 11 is 0. The van der Waals surface area contributed by atoms with E-state index < -0.39 is 0 Å². The number of aliphatic hydroxyl groups excluding tert-OH is 1. The Morgan fingerprint density at radius 1 is 1.41 bits per heavy atom. The summed E-state index contributed by atoms with van der Waals surface area (Å²) in [6.07, 6.45) is 2.26. The lowest BCUT2D eigenvalue weighted by Crippen LogP contribution is -2.36. The molecular formula is C14H18N2O. The summed E-state index contributed by atoms with van der Waals surface area (Å²) in [7, 11) is 0. The Balaban J connectivity index is 2.03. The van der Waals surface area contributed by atoms with E-state index in [0.717, 1.165) is 43.6 Å². The zero-order chi connectivity index (χ0) is 12.1. The first-order valence-corrected chi connectivity index (χ1v) is 6.14. The van der Waals surface area contributed by atoms with Gasteiger partial charge in [0.2, 0.25) is 0 Å². The maximum atomic E-state index is 9.20. The van der Waals surface area contributed by atoms with E-state index in [4.69, 9.17) is 5.26 Å². The van der Waals surface area contributed by atoms with Crippen LogP contribution in [0.5, 0.6) is 0 Å². The molecule has 1 N–H and O–H groups in total. The van der Waals surface area contributed by atoms with Crippen LogP contribution in [0.1, 0.15) is 24.0 Å². The summed E-state index contributed by atoms with van der Waals surface area (Å²) in [5, 5.41) is 18.2. The van der Waals surface area contributed by atoms with E-state index in [0.29, 0.717) is 5.92 Å². The third-order valence-electron chi connectivity index (χ3n) is 3.39. The molecule has 1 saturated heterocycles. The van der Waals surface area contributed by atoms with Crippen LogP contribution in [0.2, 0.25) is 0 Å². The molecule has 0 radical (unpaired) electrons. The number of rotatable bonds is 3. The van der Waals surface area contributed by atoms with Crippen molar-refractivity contribution < 1.29 is 5.11 Å². The lowest BCUT2D eigenvalue weighted by molar-refractivity contribution is 0.116. The molecule has 17 heavy (non-hydrogen) atoms. The molecule has 1 aromatic carbocycles. The van der Waals surface area contributed by atoms with E-state index in [1.807, 2.05) is 24.3 Å². The highest BCUT2D eigenvalue weighted by Gasteiger charge is 2.19. The Hall–Kier alpha value is -1.37. The molecule has 1 aromatic rings. The molecule has 0 amide bonds. The van der Waals surface area contributed by atoms with E-state index in [2.05, 4.69) is 11.0 Å². The Kier molecular flexibility index (Phi) is 4.13. The lowest BCUT2D eigenvalue weighted by atomic mass is 9.98. The third kappa shape index (κ3) is 3.06. The molecule has 3 nitrogen and oxygen atoms in total. The number of aliphatic hydroxyl groups is 1. The zero-order valence-corrected chi connectivity index (χ0v) is 9.97. The molecular weight excluding hydrogens is 212 g/mol. The fraction of sp³-hybridized carbons (Fsp3) is 0.500. The highest BCUT2D eigenvalue weighted by atomic mass is 16.3. The number of likely N-dealkylation sites (tertiary alicyclic amines) is 1. The largest absolute Gasteiger partial charge is 0.396 e. The van der Waals surface area contributed by atoms with Crippen LogP contribution in [0.3, 0.4) is 0 Å². The standard InChI is InChI=1S/C14H18N2O/c15-8-13-5-1-2-6-14(13)10-16-7-3-4-12(9-16)11-17/h1-2,5-6,12,17H,3-4,7,9-11H2. The van der Waals surface area contributed by atoms with Crippen LogP contribution < -0.4 is 0 Å². The van der Waals surface area contributed by atoms with Gasteiger partial charge in [0.15, 0.2) is 0 Å². The molecule has 0 aromatic heterocycles. The van der Waals surface area contributed by atoms with Crippen molar-refractivity contribution >= 4 is 0 Å². The van der Waals surface area contributed by atoms with Crippen LogP contribution in [-0.2, 0) is 6.54 Å². The molecule has 1 unspecified atom stereocenters. The first-order valence-electron chi connectivity index (χ1n) is 6.14. The Labute approximate surface area is 102 Å². The highest BCUT2D eigenvalue weighted by Crippen LogP contribution is 2.19. The monoisotopic (exact) mass is 230 g/mol. The van der Waals surface area contributed by atoms with Crippen LogP contribution in [0, 0.1) is 17.2 Å². The van der Waals surface area contributed by atoms with Gasteiger partial charge in [0, 0.05) is 19.7 Å². The minimum absolute atomic E-state index is 0.274. The molecule has 90 valence electrons. The number of hydrogen-bond donors (Lipinski definition) is 1. The number of nitrogens with zero attached hydrogens (tertiary/aromatic N) is 2. The van der Waals surface area contributed by atoms with Gasteiger partial charge < -0.3 is 5.11 Å². The molecule has 1 atom stereocenters. The van der Waals surface area contributed by atoms with E-state index >= 15 is 0 Å². The molecule has 1 heterocycles. The van der Waals surface area contributed by atoms with Gasteiger partial charge in [-0.2, -0.15) is 5.26 Å². The quantitative estimate of drug-likeness (QED) is 0.860. The summed E-state index contributed by atoms with van der Waals surface area (Å²) in [6.45, 7) is 3.10. The Bertz CT molecular complexity index is 411. The number of piperidine rings is 1. The first-order chi connectivity index (χ1) is 8.33. The molecule has 3 heteroatoms. The maximum Gasteiger partial charge on any atom is 0.0995 e. The summed E-state index contributed by atoms with van der Waals surface area (Å²) in [5.41, 5.74) is 1.85. The van der Waals surface area contributed by atoms with Crippen molar-refractivity contribution in [1.29, 1.82) is 5.26 Å². The van der Waals surface area contributed by atoms with Crippen molar-refractivity contribution in [3.05, 3.63) is 35.4 Å².